The summed E-state index contributed by atoms with van der Waals surface area (Å²) in [7, 11) is 1.17. The molecule has 3 N–H and O–H groups in total. The SMILES string of the molecule is COC(=O)C(Cc1ccc(OC(=O)CCCCC(=O)OC(C)(C)C)c(OC(=O)CCCNC(=O)OC(C)(C)C)c1)NC(=O)CCCNC(=O)OC(C)(C)C. The summed E-state index contributed by atoms with van der Waals surface area (Å²) in [6, 6.07) is 3.23. The van der Waals surface area contributed by atoms with E-state index in [9.17, 15) is 33.6 Å². The average Bonchev–Trinajstić information content (AvgIpc) is 3.01. The lowest BCUT2D eigenvalue weighted by Gasteiger charge is -2.20. The number of amides is 3. The second kappa shape index (κ2) is 22.4. The van der Waals surface area contributed by atoms with Gasteiger partial charge in [0, 0.05) is 45.2 Å². The summed E-state index contributed by atoms with van der Waals surface area (Å²) >= 11 is 0. The summed E-state index contributed by atoms with van der Waals surface area (Å²) < 4.78 is 31.6. The van der Waals surface area contributed by atoms with Crippen LogP contribution in [0.15, 0.2) is 18.2 Å². The number of rotatable bonds is 19. The molecule has 0 saturated carbocycles. The molecule has 0 spiro atoms. The minimum atomic E-state index is -1.12. The van der Waals surface area contributed by atoms with E-state index in [0.29, 0.717) is 18.4 Å². The lowest BCUT2D eigenvalue weighted by Crippen LogP contribution is -2.43. The quantitative estimate of drug-likeness (QED) is 0.0716. The van der Waals surface area contributed by atoms with Gasteiger partial charge >= 0.3 is 36.1 Å². The maximum atomic E-state index is 12.9. The van der Waals surface area contributed by atoms with Crippen molar-refractivity contribution in [2.24, 2.45) is 0 Å². The first-order chi connectivity index (χ1) is 25.0. The van der Waals surface area contributed by atoms with E-state index in [-0.39, 0.29) is 75.5 Å². The molecule has 1 rings (SSSR count). The van der Waals surface area contributed by atoms with Crippen molar-refractivity contribution in [3.8, 4) is 11.5 Å². The highest BCUT2D eigenvalue weighted by Gasteiger charge is 2.24. The fourth-order valence-corrected chi connectivity index (χ4v) is 4.45. The lowest BCUT2D eigenvalue weighted by molar-refractivity contribution is -0.155. The molecule has 0 saturated heterocycles. The summed E-state index contributed by atoms with van der Waals surface area (Å²) in [5, 5.41) is 7.75. The molecular formula is C38H59N3O13. The standard InChI is InChI=1S/C38H59N3O13/c1-36(2,3)52-32(45)17-12-11-16-30(43)50-27-20-19-25(24-28(27)51-31(44)18-14-22-40-35(48)54-38(7,8)9)23-26(33(46)49-10)41-29(42)15-13-21-39-34(47)53-37(4,5)6/h19-20,24,26H,11-18,21-23H2,1-10H3,(H,39,47)(H,40,48)(H,41,42). The molecular weight excluding hydrogens is 706 g/mol. The highest BCUT2D eigenvalue weighted by Crippen LogP contribution is 2.30. The van der Waals surface area contributed by atoms with Gasteiger partial charge in [0.1, 0.15) is 22.8 Å². The van der Waals surface area contributed by atoms with Crippen LogP contribution < -0.4 is 25.4 Å². The molecule has 0 radical (unpaired) electrons. The Morgan fingerprint density at radius 2 is 1.06 bits per heavy atom. The predicted molar refractivity (Wildman–Crippen MR) is 197 cm³/mol. The maximum absolute atomic E-state index is 12.9. The molecule has 3 amide bonds. The second-order valence-electron chi connectivity index (χ2n) is 15.4. The third kappa shape index (κ3) is 22.9. The van der Waals surface area contributed by atoms with Gasteiger partial charge in [0.25, 0.3) is 0 Å². The number of nitrogens with one attached hydrogen (secondary N) is 3. The normalized spacial score (nSPS) is 12.0. The lowest BCUT2D eigenvalue weighted by atomic mass is 10.0. The zero-order valence-corrected chi connectivity index (χ0v) is 33.4. The van der Waals surface area contributed by atoms with Crippen molar-refractivity contribution in [2.45, 2.75) is 143 Å². The molecule has 0 heterocycles. The number of alkyl carbamates (subject to hydrolysis) is 2. The molecule has 16 nitrogen and oxygen atoms in total. The molecule has 1 atom stereocenters. The van der Waals surface area contributed by atoms with Gasteiger partial charge in [-0.05, 0) is 106 Å². The summed E-state index contributed by atoms with van der Waals surface area (Å²) in [6.07, 6.45) is -0.117. The molecule has 0 aliphatic carbocycles. The van der Waals surface area contributed by atoms with Crippen LogP contribution in [0, 0.1) is 0 Å². The first-order valence-electron chi connectivity index (χ1n) is 18.0. The van der Waals surface area contributed by atoms with Crippen LogP contribution in [0.3, 0.4) is 0 Å². The van der Waals surface area contributed by atoms with Crippen LogP contribution in [0.25, 0.3) is 0 Å². The number of esters is 4. The van der Waals surface area contributed by atoms with Crippen LogP contribution in [-0.4, -0.2) is 85.0 Å². The Balaban J connectivity index is 3.00. The van der Waals surface area contributed by atoms with E-state index >= 15 is 0 Å². The van der Waals surface area contributed by atoms with Crippen LogP contribution in [0.2, 0.25) is 0 Å². The molecule has 1 unspecified atom stereocenters. The number of unbranched alkanes of at least 4 members (excludes halogenated alkanes) is 1. The van der Waals surface area contributed by atoms with E-state index < -0.39 is 58.8 Å². The Bertz CT molecular complexity index is 1440. The predicted octanol–water partition coefficient (Wildman–Crippen LogP) is 5.21. The molecule has 0 aliphatic rings. The van der Waals surface area contributed by atoms with Gasteiger partial charge in [-0.25, -0.2) is 14.4 Å². The van der Waals surface area contributed by atoms with Crippen LogP contribution in [0.4, 0.5) is 9.59 Å². The minimum absolute atomic E-state index is 0.0123. The number of methoxy groups -OCH3 is 1. The van der Waals surface area contributed by atoms with Gasteiger partial charge in [-0.3, -0.25) is 19.2 Å². The summed E-state index contributed by atoms with van der Waals surface area (Å²) in [5.74, 6) is -3.07. The smallest absolute Gasteiger partial charge is 0.407 e. The van der Waals surface area contributed by atoms with Crippen LogP contribution in [0.5, 0.6) is 11.5 Å². The molecule has 0 aliphatic heterocycles. The van der Waals surface area contributed by atoms with Crippen molar-refractivity contribution in [2.75, 3.05) is 20.2 Å². The van der Waals surface area contributed by atoms with E-state index in [4.69, 9.17) is 28.4 Å². The molecule has 16 heteroatoms. The summed E-state index contributed by atoms with van der Waals surface area (Å²) in [6.45, 7) is 16.0. The fraction of sp³-hybridized carbons (Fsp3) is 0.658. The third-order valence-electron chi connectivity index (χ3n) is 6.62. The number of hydrogen-bond acceptors (Lipinski definition) is 13. The van der Waals surface area contributed by atoms with E-state index in [2.05, 4.69) is 16.0 Å². The van der Waals surface area contributed by atoms with Gasteiger partial charge in [-0.2, -0.15) is 0 Å². The monoisotopic (exact) mass is 765 g/mol. The van der Waals surface area contributed by atoms with Gasteiger partial charge < -0.3 is 44.4 Å². The molecule has 54 heavy (non-hydrogen) atoms. The Hall–Kier alpha value is -4.89. The molecule has 304 valence electrons. The van der Waals surface area contributed by atoms with Crippen molar-refractivity contribution in [1.82, 2.24) is 16.0 Å². The Kier molecular flexibility index (Phi) is 19.5. The number of benzene rings is 1. The van der Waals surface area contributed by atoms with Crippen molar-refractivity contribution < 1.29 is 62.0 Å². The molecule has 0 fully saturated rings. The zero-order valence-electron chi connectivity index (χ0n) is 33.4. The summed E-state index contributed by atoms with van der Waals surface area (Å²) in [4.78, 5) is 86.7. The second-order valence-corrected chi connectivity index (χ2v) is 15.4. The molecule has 1 aromatic rings. The first-order valence-corrected chi connectivity index (χ1v) is 18.0. The van der Waals surface area contributed by atoms with Gasteiger partial charge in [-0.1, -0.05) is 6.07 Å². The fourth-order valence-electron chi connectivity index (χ4n) is 4.45. The van der Waals surface area contributed by atoms with E-state index in [1.165, 1.54) is 19.2 Å². The molecule has 1 aromatic carbocycles. The van der Waals surface area contributed by atoms with Crippen LogP contribution in [-0.2, 0) is 49.3 Å². The van der Waals surface area contributed by atoms with Crippen molar-refractivity contribution >= 4 is 42.0 Å². The van der Waals surface area contributed by atoms with Crippen LogP contribution >= 0.6 is 0 Å². The van der Waals surface area contributed by atoms with Gasteiger partial charge in [0.05, 0.1) is 7.11 Å². The van der Waals surface area contributed by atoms with E-state index in [1.54, 1.807) is 68.4 Å². The number of hydrogen-bond donors (Lipinski definition) is 3. The van der Waals surface area contributed by atoms with Gasteiger partial charge in [-0.15, -0.1) is 0 Å². The number of carbonyl (C=O) groups is 7. The highest BCUT2D eigenvalue weighted by molar-refractivity contribution is 5.85. The average molecular weight is 766 g/mol. The van der Waals surface area contributed by atoms with Crippen LogP contribution in [0.1, 0.15) is 119 Å². The third-order valence-corrected chi connectivity index (χ3v) is 6.62. The highest BCUT2D eigenvalue weighted by atomic mass is 16.6. The van der Waals surface area contributed by atoms with Gasteiger partial charge in [0.2, 0.25) is 5.91 Å². The van der Waals surface area contributed by atoms with E-state index in [1.807, 2.05) is 0 Å². The van der Waals surface area contributed by atoms with Gasteiger partial charge in [0.15, 0.2) is 11.5 Å². The molecule has 0 bridgehead atoms. The number of ether oxygens (including phenoxy) is 6. The largest absolute Gasteiger partial charge is 0.467 e. The van der Waals surface area contributed by atoms with E-state index in [0.717, 1.165) is 0 Å². The number of carbonyl (C=O) groups excluding carboxylic acids is 7. The minimum Gasteiger partial charge on any atom is -0.467 e. The van der Waals surface area contributed by atoms with Crippen molar-refractivity contribution in [1.29, 1.82) is 0 Å². The zero-order chi connectivity index (χ0) is 41.1. The Morgan fingerprint density at radius 1 is 0.593 bits per heavy atom. The summed E-state index contributed by atoms with van der Waals surface area (Å²) in [5.41, 5.74) is -1.53. The Morgan fingerprint density at radius 3 is 1.56 bits per heavy atom. The van der Waals surface area contributed by atoms with Crippen molar-refractivity contribution in [3.63, 3.8) is 0 Å². The first kappa shape index (κ1) is 47.1. The maximum Gasteiger partial charge on any atom is 0.407 e. The van der Waals surface area contributed by atoms with Crippen molar-refractivity contribution in [3.05, 3.63) is 23.8 Å². The topological polar surface area (TPSA) is 211 Å². The molecule has 0 aromatic heterocycles. The Labute approximate surface area is 318 Å².